The van der Waals surface area contributed by atoms with Crippen LogP contribution in [-0.4, -0.2) is 27.2 Å². The van der Waals surface area contributed by atoms with Crippen LogP contribution in [0.3, 0.4) is 0 Å². The van der Waals surface area contributed by atoms with E-state index in [4.69, 9.17) is 0 Å². The molecule has 2 aromatic rings. The second kappa shape index (κ2) is 5.84. The predicted molar refractivity (Wildman–Crippen MR) is 75.9 cm³/mol. The number of rotatable bonds is 4. The van der Waals surface area contributed by atoms with Crippen molar-refractivity contribution in [2.75, 3.05) is 5.75 Å². The molecule has 1 aromatic carbocycles. The fourth-order valence-corrected chi connectivity index (χ4v) is 3.19. The molecule has 0 spiro atoms. The molecule has 0 saturated carbocycles. The molecule has 2 unspecified atom stereocenters. The van der Waals surface area contributed by atoms with Crippen molar-refractivity contribution in [3.05, 3.63) is 35.2 Å². The van der Waals surface area contributed by atoms with Crippen LogP contribution in [0.2, 0.25) is 0 Å². The largest absolute Gasteiger partial charge is 0.389 e. The summed E-state index contributed by atoms with van der Waals surface area (Å²) in [6.07, 6.45) is -1.90. The first-order chi connectivity index (χ1) is 8.59. The van der Waals surface area contributed by atoms with Gasteiger partial charge in [0.2, 0.25) is 0 Å². The maximum absolute atomic E-state index is 10.9. The summed E-state index contributed by atoms with van der Waals surface area (Å²) >= 11 is 2.62. The van der Waals surface area contributed by atoms with E-state index in [1.54, 1.807) is 17.4 Å². The summed E-state index contributed by atoms with van der Waals surface area (Å²) in [4.78, 5) is 10.9. The van der Waals surface area contributed by atoms with Crippen molar-refractivity contribution >= 4 is 38.3 Å². The number of aliphatic hydroxyl groups is 2. The molecule has 2 N–H and O–H groups in total. The minimum Gasteiger partial charge on any atom is -0.389 e. The van der Waals surface area contributed by atoms with E-state index in [2.05, 4.69) is 0 Å². The van der Waals surface area contributed by atoms with Gasteiger partial charge < -0.3 is 10.2 Å². The topological polar surface area (TPSA) is 57.5 Å². The van der Waals surface area contributed by atoms with Crippen LogP contribution in [0.5, 0.6) is 0 Å². The molecule has 0 amide bonds. The summed E-state index contributed by atoms with van der Waals surface area (Å²) in [6, 6.07) is 7.58. The van der Waals surface area contributed by atoms with Crippen LogP contribution in [0.4, 0.5) is 0 Å². The highest BCUT2D eigenvalue weighted by Crippen LogP contribution is 2.30. The van der Waals surface area contributed by atoms with Gasteiger partial charge in [-0.25, -0.2) is 0 Å². The smallest absolute Gasteiger partial charge is 0.185 e. The maximum atomic E-state index is 10.9. The van der Waals surface area contributed by atoms with E-state index in [0.717, 1.165) is 21.8 Å². The SMILES string of the molecule is CC(=O)SCC(O)C(O)c1cccc2sccc12. The molecule has 0 aliphatic rings. The number of carbonyl (C=O) groups excluding carboxylic acids is 1. The second-order valence-electron chi connectivity index (χ2n) is 3.99. The van der Waals surface area contributed by atoms with Gasteiger partial charge in [0.1, 0.15) is 6.10 Å². The number of benzene rings is 1. The molecule has 18 heavy (non-hydrogen) atoms. The Kier molecular flexibility index (Phi) is 4.40. The van der Waals surface area contributed by atoms with Crippen LogP contribution in [0.25, 0.3) is 10.1 Å². The van der Waals surface area contributed by atoms with Gasteiger partial charge in [0.15, 0.2) is 5.12 Å². The molecule has 0 radical (unpaired) electrons. The van der Waals surface area contributed by atoms with Crippen LogP contribution < -0.4 is 0 Å². The van der Waals surface area contributed by atoms with Gasteiger partial charge in [-0.15, -0.1) is 11.3 Å². The van der Waals surface area contributed by atoms with Gasteiger partial charge in [-0.3, -0.25) is 4.79 Å². The molecule has 1 aromatic heterocycles. The zero-order valence-corrected chi connectivity index (χ0v) is 11.5. The molecule has 0 bridgehead atoms. The first-order valence-corrected chi connectivity index (χ1v) is 7.41. The lowest BCUT2D eigenvalue weighted by Crippen LogP contribution is -2.21. The van der Waals surface area contributed by atoms with Crippen molar-refractivity contribution in [3.8, 4) is 0 Å². The Morgan fingerprint density at radius 2 is 2.17 bits per heavy atom. The molecule has 5 heteroatoms. The van der Waals surface area contributed by atoms with Crippen molar-refractivity contribution in [2.45, 2.75) is 19.1 Å². The van der Waals surface area contributed by atoms with Gasteiger partial charge in [0.05, 0.1) is 6.10 Å². The summed E-state index contributed by atoms with van der Waals surface area (Å²) < 4.78 is 1.08. The number of hydrogen-bond donors (Lipinski definition) is 2. The molecule has 2 atom stereocenters. The molecular weight excluding hydrogens is 268 g/mol. The molecule has 3 nitrogen and oxygen atoms in total. The van der Waals surface area contributed by atoms with Crippen molar-refractivity contribution in [1.29, 1.82) is 0 Å². The molecule has 0 fully saturated rings. The second-order valence-corrected chi connectivity index (χ2v) is 6.14. The van der Waals surface area contributed by atoms with Crippen LogP contribution in [0.15, 0.2) is 29.6 Å². The quantitative estimate of drug-likeness (QED) is 0.905. The number of thioether (sulfide) groups is 1. The van der Waals surface area contributed by atoms with E-state index in [1.165, 1.54) is 6.92 Å². The Bertz CT molecular complexity index is 550. The Balaban J connectivity index is 2.19. The number of fused-ring (bicyclic) bond motifs is 1. The number of hydrogen-bond acceptors (Lipinski definition) is 5. The Hall–Kier alpha value is -0.880. The van der Waals surface area contributed by atoms with E-state index >= 15 is 0 Å². The molecule has 2 rings (SSSR count). The van der Waals surface area contributed by atoms with Crippen molar-refractivity contribution in [2.24, 2.45) is 0 Å². The maximum Gasteiger partial charge on any atom is 0.185 e. The molecule has 0 saturated heterocycles. The lowest BCUT2D eigenvalue weighted by atomic mass is 10.0. The molecule has 0 aliphatic carbocycles. The van der Waals surface area contributed by atoms with E-state index < -0.39 is 12.2 Å². The lowest BCUT2D eigenvalue weighted by molar-refractivity contribution is -0.109. The van der Waals surface area contributed by atoms with Crippen LogP contribution in [-0.2, 0) is 4.79 Å². The Morgan fingerprint density at radius 3 is 2.89 bits per heavy atom. The summed E-state index contributed by atoms with van der Waals surface area (Å²) in [5, 5.41) is 22.9. The molecule has 1 heterocycles. The third-order valence-corrected chi connectivity index (χ3v) is 4.47. The Morgan fingerprint density at radius 1 is 1.39 bits per heavy atom. The van der Waals surface area contributed by atoms with Gasteiger partial charge in [0, 0.05) is 17.4 Å². The van der Waals surface area contributed by atoms with Crippen LogP contribution >= 0.6 is 23.1 Å². The fraction of sp³-hybridized carbons (Fsp3) is 0.308. The monoisotopic (exact) mass is 282 g/mol. The van der Waals surface area contributed by atoms with Crippen molar-refractivity contribution in [3.63, 3.8) is 0 Å². The average molecular weight is 282 g/mol. The minimum absolute atomic E-state index is 0.0602. The van der Waals surface area contributed by atoms with Gasteiger partial charge in [0.25, 0.3) is 0 Å². The van der Waals surface area contributed by atoms with Gasteiger partial charge in [-0.2, -0.15) is 0 Å². The highest BCUT2D eigenvalue weighted by Gasteiger charge is 2.21. The number of thiophene rings is 1. The molecule has 0 aliphatic heterocycles. The van der Waals surface area contributed by atoms with Gasteiger partial charge in [-0.05, 0) is 28.5 Å². The van der Waals surface area contributed by atoms with Gasteiger partial charge >= 0.3 is 0 Å². The number of aliphatic hydroxyl groups excluding tert-OH is 2. The van der Waals surface area contributed by atoms with Crippen molar-refractivity contribution < 1.29 is 15.0 Å². The highest BCUT2D eigenvalue weighted by atomic mass is 32.2. The van der Waals surface area contributed by atoms with E-state index in [1.807, 2.05) is 23.6 Å². The number of carbonyl (C=O) groups is 1. The summed E-state index contributed by atoms with van der Waals surface area (Å²) in [5.74, 6) is 0.205. The highest BCUT2D eigenvalue weighted by molar-refractivity contribution is 8.13. The fourth-order valence-electron chi connectivity index (χ4n) is 1.78. The minimum atomic E-state index is -0.963. The Labute approximate surface area is 113 Å². The third kappa shape index (κ3) is 2.92. The van der Waals surface area contributed by atoms with E-state index in [-0.39, 0.29) is 10.9 Å². The summed E-state index contributed by atoms with van der Waals surface area (Å²) in [5.41, 5.74) is 0.713. The normalized spacial score (nSPS) is 14.6. The molecule has 96 valence electrons. The average Bonchev–Trinajstić information content (AvgIpc) is 2.82. The van der Waals surface area contributed by atoms with Gasteiger partial charge in [-0.1, -0.05) is 23.9 Å². The van der Waals surface area contributed by atoms with Crippen molar-refractivity contribution in [1.82, 2.24) is 0 Å². The third-order valence-electron chi connectivity index (χ3n) is 2.67. The van der Waals surface area contributed by atoms with Crippen LogP contribution in [0.1, 0.15) is 18.6 Å². The van der Waals surface area contributed by atoms with Crippen LogP contribution in [0, 0.1) is 0 Å². The predicted octanol–water partition coefficient (Wildman–Crippen LogP) is 2.58. The standard InChI is InChI=1S/C13H14O3S2/c1-8(14)18-7-11(15)13(16)10-3-2-4-12-9(10)5-6-17-12/h2-6,11,13,15-16H,7H2,1H3. The zero-order valence-electron chi connectivity index (χ0n) is 9.87. The summed E-state index contributed by atoms with van der Waals surface area (Å²) in [7, 11) is 0. The first kappa shape index (κ1) is 13.5. The lowest BCUT2D eigenvalue weighted by Gasteiger charge is -2.18. The van der Waals surface area contributed by atoms with E-state index in [9.17, 15) is 15.0 Å². The zero-order chi connectivity index (χ0) is 13.1. The summed E-state index contributed by atoms with van der Waals surface area (Å²) in [6.45, 7) is 1.45. The van der Waals surface area contributed by atoms with E-state index in [0.29, 0.717) is 5.56 Å². The molecular formula is C13H14O3S2. The first-order valence-electron chi connectivity index (χ1n) is 5.55.